The van der Waals surface area contributed by atoms with Crippen LogP contribution in [0.4, 0.5) is 0 Å². The first-order valence-corrected chi connectivity index (χ1v) is 11.3. The summed E-state index contributed by atoms with van der Waals surface area (Å²) in [6.07, 6.45) is 1.21. The normalized spacial score (nSPS) is 12.8. The summed E-state index contributed by atoms with van der Waals surface area (Å²) < 4.78 is 0. The molecule has 0 unspecified atom stereocenters. The molecule has 1 N–H and O–H groups in total. The zero-order chi connectivity index (χ0) is 21.2. The first kappa shape index (κ1) is 23.3. The van der Waals surface area contributed by atoms with E-state index in [1.54, 1.807) is 23.6 Å². The van der Waals surface area contributed by atoms with Gasteiger partial charge in [-0.2, -0.15) is 0 Å². The van der Waals surface area contributed by atoms with E-state index in [2.05, 4.69) is 5.32 Å². The third-order valence-electron chi connectivity index (χ3n) is 4.76. The Morgan fingerprint density at radius 2 is 1.72 bits per heavy atom. The Bertz CT molecular complexity index is 783. The van der Waals surface area contributed by atoms with Crippen LogP contribution < -0.4 is 5.32 Å². The number of halogens is 1. The van der Waals surface area contributed by atoms with Crippen molar-refractivity contribution < 1.29 is 9.59 Å². The molecule has 0 heterocycles. The zero-order valence-electron chi connectivity index (χ0n) is 17.2. The van der Waals surface area contributed by atoms with Gasteiger partial charge >= 0.3 is 0 Å². The molecule has 2 rings (SSSR count). The summed E-state index contributed by atoms with van der Waals surface area (Å²) in [4.78, 5) is 28.4. The van der Waals surface area contributed by atoms with Gasteiger partial charge in [0.15, 0.2) is 0 Å². The van der Waals surface area contributed by atoms with Gasteiger partial charge in [-0.1, -0.05) is 48.9 Å². The SMILES string of the molecule is CC[C@@H](C)NC(=O)[C@H](C)N(Cc1ccccc1)C(=O)CCSc1ccc(Cl)cc1. The summed E-state index contributed by atoms with van der Waals surface area (Å²) in [6, 6.07) is 16.9. The van der Waals surface area contributed by atoms with E-state index in [9.17, 15) is 9.59 Å². The monoisotopic (exact) mass is 432 g/mol. The van der Waals surface area contributed by atoms with Gasteiger partial charge in [-0.25, -0.2) is 0 Å². The molecule has 0 aliphatic heterocycles. The van der Waals surface area contributed by atoms with Crippen molar-refractivity contribution in [2.75, 3.05) is 5.75 Å². The van der Waals surface area contributed by atoms with Crippen LogP contribution in [0.2, 0.25) is 5.02 Å². The van der Waals surface area contributed by atoms with E-state index in [1.165, 1.54) is 0 Å². The first-order valence-electron chi connectivity index (χ1n) is 9.92. The van der Waals surface area contributed by atoms with Crippen molar-refractivity contribution >= 4 is 35.2 Å². The quantitative estimate of drug-likeness (QED) is 0.528. The van der Waals surface area contributed by atoms with Crippen molar-refractivity contribution in [1.29, 1.82) is 0 Å². The highest BCUT2D eigenvalue weighted by atomic mass is 35.5. The van der Waals surface area contributed by atoms with Gasteiger partial charge in [0.2, 0.25) is 11.8 Å². The molecule has 0 saturated carbocycles. The van der Waals surface area contributed by atoms with Crippen LogP contribution in [-0.4, -0.2) is 34.6 Å². The lowest BCUT2D eigenvalue weighted by atomic mass is 10.1. The fourth-order valence-electron chi connectivity index (χ4n) is 2.76. The van der Waals surface area contributed by atoms with E-state index in [4.69, 9.17) is 11.6 Å². The predicted octanol–water partition coefficient (Wildman–Crippen LogP) is 5.15. The van der Waals surface area contributed by atoms with Gasteiger partial charge in [0.1, 0.15) is 6.04 Å². The van der Waals surface area contributed by atoms with Crippen LogP contribution in [0.25, 0.3) is 0 Å². The molecule has 156 valence electrons. The second-order valence-corrected chi connectivity index (χ2v) is 8.66. The molecule has 0 spiro atoms. The fourth-order valence-corrected chi connectivity index (χ4v) is 3.73. The molecule has 2 amide bonds. The maximum absolute atomic E-state index is 13.0. The van der Waals surface area contributed by atoms with E-state index in [0.717, 1.165) is 16.9 Å². The smallest absolute Gasteiger partial charge is 0.242 e. The summed E-state index contributed by atoms with van der Waals surface area (Å²) in [7, 11) is 0. The van der Waals surface area contributed by atoms with Crippen LogP contribution >= 0.6 is 23.4 Å². The zero-order valence-corrected chi connectivity index (χ0v) is 18.8. The van der Waals surface area contributed by atoms with Crippen molar-refractivity contribution in [1.82, 2.24) is 10.2 Å². The number of carbonyl (C=O) groups is 2. The Morgan fingerprint density at radius 3 is 2.34 bits per heavy atom. The minimum Gasteiger partial charge on any atom is -0.352 e. The average molecular weight is 433 g/mol. The molecule has 4 nitrogen and oxygen atoms in total. The topological polar surface area (TPSA) is 49.4 Å². The highest BCUT2D eigenvalue weighted by Crippen LogP contribution is 2.22. The molecular weight excluding hydrogens is 404 g/mol. The number of carbonyl (C=O) groups excluding carboxylic acids is 2. The van der Waals surface area contributed by atoms with Gasteiger partial charge in [0.25, 0.3) is 0 Å². The van der Waals surface area contributed by atoms with Crippen molar-refractivity contribution in [2.24, 2.45) is 0 Å². The predicted molar refractivity (Wildman–Crippen MR) is 121 cm³/mol. The van der Waals surface area contributed by atoms with E-state index >= 15 is 0 Å². The van der Waals surface area contributed by atoms with Gasteiger partial charge in [-0.15, -0.1) is 11.8 Å². The van der Waals surface area contributed by atoms with Crippen LogP contribution in [0.1, 0.15) is 39.2 Å². The minimum absolute atomic E-state index is 0.0258. The Labute approximate surface area is 183 Å². The van der Waals surface area contributed by atoms with E-state index < -0.39 is 6.04 Å². The summed E-state index contributed by atoms with van der Waals surface area (Å²) in [6.45, 7) is 6.21. The second-order valence-electron chi connectivity index (χ2n) is 7.05. The Morgan fingerprint density at radius 1 is 1.07 bits per heavy atom. The molecule has 2 atom stereocenters. The standard InChI is InChI=1S/C23H29ClN2O2S/c1-4-17(2)25-23(28)18(3)26(16-19-8-6-5-7-9-19)22(27)14-15-29-21-12-10-20(24)11-13-21/h5-13,17-18H,4,14-16H2,1-3H3,(H,25,28)/t17-,18+/m1/s1. The Hall–Kier alpha value is -1.98. The number of nitrogens with one attached hydrogen (secondary N) is 1. The van der Waals surface area contributed by atoms with Gasteiger partial charge in [-0.05, 0) is 50.1 Å². The van der Waals surface area contributed by atoms with Crippen molar-refractivity contribution in [3.63, 3.8) is 0 Å². The number of benzene rings is 2. The lowest BCUT2D eigenvalue weighted by molar-refractivity contribution is -0.140. The summed E-state index contributed by atoms with van der Waals surface area (Å²) in [5.74, 6) is 0.502. The molecule has 2 aromatic rings. The lowest BCUT2D eigenvalue weighted by Gasteiger charge is -2.29. The van der Waals surface area contributed by atoms with Crippen molar-refractivity contribution in [3.05, 3.63) is 65.2 Å². The molecule has 0 aliphatic rings. The van der Waals surface area contributed by atoms with Gasteiger partial charge in [0, 0.05) is 34.7 Å². The third-order valence-corrected chi connectivity index (χ3v) is 6.03. The molecule has 6 heteroatoms. The fraction of sp³-hybridized carbons (Fsp3) is 0.391. The molecule has 0 bridgehead atoms. The summed E-state index contributed by atoms with van der Waals surface area (Å²) >= 11 is 7.53. The summed E-state index contributed by atoms with van der Waals surface area (Å²) in [5, 5.41) is 3.68. The number of amides is 2. The Balaban J connectivity index is 2.03. The van der Waals surface area contributed by atoms with E-state index in [0.29, 0.717) is 23.7 Å². The summed E-state index contributed by atoms with van der Waals surface area (Å²) in [5.41, 5.74) is 1.01. The molecular formula is C23H29ClN2O2S. The highest BCUT2D eigenvalue weighted by molar-refractivity contribution is 7.99. The number of thioether (sulfide) groups is 1. The molecule has 0 aliphatic carbocycles. The van der Waals surface area contributed by atoms with Crippen molar-refractivity contribution in [3.8, 4) is 0 Å². The van der Waals surface area contributed by atoms with Crippen LogP contribution in [-0.2, 0) is 16.1 Å². The van der Waals surface area contributed by atoms with Gasteiger partial charge < -0.3 is 10.2 Å². The lowest BCUT2D eigenvalue weighted by Crippen LogP contribution is -2.49. The molecule has 29 heavy (non-hydrogen) atoms. The molecule has 0 fully saturated rings. The average Bonchev–Trinajstić information content (AvgIpc) is 2.73. The number of nitrogens with zero attached hydrogens (tertiary/aromatic N) is 1. The number of hydrogen-bond acceptors (Lipinski definition) is 3. The Kier molecular flexibility index (Phi) is 9.55. The maximum Gasteiger partial charge on any atom is 0.242 e. The van der Waals surface area contributed by atoms with E-state index in [1.807, 2.05) is 68.4 Å². The van der Waals surface area contributed by atoms with Crippen molar-refractivity contribution in [2.45, 2.75) is 57.1 Å². The molecule has 0 aromatic heterocycles. The number of rotatable bonds is 10. The maximum atomic E-state index is 13.0. The second kappa shape index (κ2) is 11.9. The molecule has 0 saturated heterocycles. The largest absolute Gasteiger partial charge is 0.352 e. The molecule has 0 radical (unpaired) electrons. The van der Waals surface area contributed by atoms with Gasteiger partial charge in [0.05, 0.1) is 0 Å². The van der Waals surface area contributed by atoms with Gasteiger partial charge in [-0.3, -0.25) is 9.59 Å². The van der Waals surface area contributed by atoms with Crippen LogP contribution in [0, 0.1) is 0 Å². The van der Waals surface area contributed by atoms with Crippen LogP contribution in [0.15, 0.2) is 59.5 Å². The molecule has 2 aromatic carbocycles. The van der Waals surface area contributed by atoms with Crippen LogP contribution in [0.3, 0.4) is 0 Å². The highest BCUT2D eigenvalue weighted by Gasteiger charge is 2.26. The third kappa shape index (κ3) is 7.75. The first-order chi connectivity index (χ1) is 13.9. The minimum atomic E-state index is -0.530. The van der Waals surface area contributed by atoms with Crippen LogP contribution in [0.5, 0.6) is 0 Å². The number of hydrogen-bond donors (Lipinski definition) is 1. The van der Waals surface area contributed by atoms with E-state index in [-0.39, 0.29) is 17.9 Å².